The van der Waals surface area contributed by atoms with Crippen molar-refractivity contribution in [1.82, 2.24) is 9.88 Å². The summed E-state index contributed by atoms with van der Waals surface area (Å²) < 4.78 is 38.6. The number of fused-ring (bicyclic) bond motifs is 3. The van der Waals surface area contributed by atoms with E-state index in [0.717, 1.165) is 30.2 Å². The molecule has 25 heavy (non-hydrogen) atoms. The molecule has 0 saturated carbocycles. The fourth-order valence-corrected chi connectivity index (χ4v) is 5.18. The van der Waals surface area contributed by atoms with Gasteiger partial charge in [0.2, 0.25) is 0 Å². The average Bonchev–Trinajstić information content (AvgIpc) is 3.01. The van der Waals surface area contributed by atoms with E-state index in [1.807, 2.05) is 4.90 Å². The maximum absolute atomic E-state index is 13.0. The Morgan fingerprint density at radius 2 is 1.92 bits per heavy atom. The zero-order valence-corrected chi connectivity index (χ0v) is 14.3. The van der Waals surface area contributed by atoms with Crippen molar-refractivity contribution in [3.63, 3.8) is 0 Å². The van der Waals surface area contributed by atoms with Gasteiger partial charge in [-0.1, -0.05) is 0 Å². The molecular formula is C17H17F3N2O2S. The van der Waals surface area contributed by atoms with Crippen molar-refractivity contribution in [1.29, 1.82) is 0 Å². The van der Waals surface area contributed by atoms with Crippen LogP contribution in [0.3, 0.4) is 0 Å². The number of carbonyl (C=O) groups excluding carboxylic acids is 1. The Hall–Kier alpha value is -1.67. The number of rotatable bonds is 1. The Kier molecular flexibility index (Phi) is 3.81. The third kappa shape index (κ3) is 2.71. The van der Waals surface area contributed by atoms with Gasteiger partial charge in [-0.25, -0.2) is 4.98 Å². The number of halogens is 3. The molecule has 1 amide bonds. The lowest BCUT2D eigenvalue weighted by Gasteiger charge is -2.37. The van der Waals surface area contributed by atoms with Gasteiger partial charge in [0, 0.05) is 17.5 Å². The standard InChI is InChI=1S/C17H17F3N2O2S/c1-8-12-4-5-13(17(18,19)20)21-15(12)25-14(8)16(24)22-9-2-3-10(22)7-11(23)6-9/h4-5,9-11,23H,2-3,6-7H2,1H3/t9-,10-/m0/s1. The van der Waals surface area contributed by atoms with E-state index < -0.39 is 11.9 Å². The second kappa shape index (κ2) is 5.67. The van der Waals surface area contributed by atoms with Gasteiger partial charge in [-0.3, -0.25) is 4.79 Å². The van der Waals surface area contributed by atoms with Gasteiger partial charge in [-0.2, -0.15) is 13.2 Å². The third-order valence-corrected chi connectivity index (χ3v) is 6.42. The molecule has 0 aromatic carbocycles. The van der Waals surface area contributed by atoms with Gasteiger partial charge in [-0.15, -0.1) is 11.3 Å². The number of carbonyl (C=O) groups is 1. The normalized spacial score (nSPS) is 26.4. The quantitative estimate of drug-likeness (QED) is 0.832. The minimum atomic E-state index is -4.50. The van der Waals surface area contributed by atoms with Crippen LogP contribution in [-0.2, 0) is 6.18 Å². The summed E-state index contributed by atoms with van der Waals surface area (Å²) in [5.41, 5.74) is -0.266. The molecule has 2 fully saturated rings. The van der Waals surface area contributed by atoms with Crippen LogP contribution < -0.4 is 0 Å². The minimum Gasteiger partial charge on any atom is -0.393 e. The zero-order chi connectivity index (χ0) is 17.9. The lowest BCUT2D eigenvalue weighted by atomic mass is 9.99. The number of aromatic nitrogens is 1. The highest BCUT2D eigenvalue weighted by molar-refractivity contribution is 7.20. The number of aliphatic hydroxyl groups is 1. The summed E-state index contributed by atoms with van der Waals surface area (Å²) in [6, 6.07) is 2.38. The Morgan fingerprint density at radius 3 is 2.52 bits per heavy atom. The van der Waals surface area contributed by atoms with Crippen LogP contribution in [0.4, 0.5) is 13.2 Å². The van der Waals surface area contributed by atoms with Crippen molar-refractivity contribution in [2.24, 2.45) is 0 Å². The Labute approximate surface area is 146 Å². The molecule has 1 N–H and O–H groups in total. The number of alkyl halides is 3. The molecule has 2 aliphatic rings. The van der Waals surface area contributed by atoms with E-state index in [0.29, 0.717) is 28.7 Å². The Balaban J connectivity index is 1.72. The summed E-state index contributed by atoms with van der Waals surface area (Å²) in [7, 11) is 0. The molecule has 0 spiro atoms. The second-order valence-corrected chi connectivity index (χ2v) is 7.82. The van der Waals surface area contributed by atoms with Gasteiger partial charge >= 0.3 is 6.18 Å². The predicted molar refractivity (Wildman–Crippen MR) is 87.6 cm³/mol. The summed E-state index contributed by atoms with van der Waals surface area (Å²) in [4.78, 5) is 19.3. The first-order chi connectivity index (χ1) is 11.8. The molecule has 0 radical (unpaired) electrons. The summed E-state index contributed by atoms with van der Waals surface area (Å²) in [5, 5.41) is 10.5. The first-order valence-electron chi connectivity index (χ1n) is 8.23. The smallest absolute Gasteiger partial charge is 0.393 e. The molecule has 2 aromatic heterocycles. The van der Waals surface area contributed by atoms with Crippen LogP contribution in [0.5, 0.6) is 0 Å². The second-order valence-electron chi connectivity index (χ2n) is 6.83. The van der Waals surface area contributed by atoms with Gasteiger partial charge in [-0.05, 0) is 50.3 Å². The van der Waals surface area contributed by atoms with E-state index in [9.17, 15) is 23.1 Å². The van der Waals surface area contributed by atoms with Gasteiger partial charge < -0.3 is 10.0 Å². The maximum Gasteiger partial charge on any atom is 0.433 e. The van der Waals surface area contributed by atoms with E-state index >= 15 is 0 Å². The van der Waals surface area contributed by atoms with Crippen LogP contribution in [-0.4, -0.2) is 39.1 Å². The number of hydrogen-bond donors (Lipinski definition) is 1. The van der Waals surface area contributed by atoms with E-state index in [-0.39, 0.29) is 28.9 Å². The zero-order valence-electron chi connectivity index (χ0n) is 13.5. The minimum absolute atomic E-state index is 0.0181. The SMILES string of the molecule is Cc1c(C(=O)N2[C@H]3CC[C@H]2CC(O)C3)sc2nc(C(F)(F)F)ccc12. The van der Waals surface area contributed by atoms with Crippen molar-refractivity contribution >= 4 is 27.5 Å². The molecule has 2 atom stereocenters. The highest BCUT2D eigenvalue weighted by Gasteiger charge is 2.43. The first kappa shape index (κ1) is 16.8. The molecular weight excluding hydrogens is 353 g/mol. The summed E-state index contributed by atoms with van der Waals surface area (Å²) >= 11 is 1.02. The number of thiophene rings is 1. The number of amides is 1. The fourth-order valence-electron chi connectivity index (χ4n) is 4.06. The van der Waals surface area contributed by atoms with Crippen LogP contribution in [0, 0.1) is 6.92 Å². The number of piperidine rings is 1. The average molecular weight is 370 g/mol. The summed E-state index contributed by atoms with van der Waals surface area (Å²) in [5.74, 6) is -0.145. The van der Waals surface area contributed by atoms with Crippen molar-refractivity contribution in [3.8, 4) is 0 Å². The van der Waals surface area contributed by atoms with Crippen LogP contribution in [0.15, 0.2) is 12.1 Å². The third-order valence-electron chi connectivity index (χ3n) is 5.23. The highest BCUT2D eigenvalue weighted by atomic mass is 32.1. The van der Waals surface area contributed by atoms with Crippen molar-refractivity contribution in [2.45, 2.75) is 57.0 Å². The molecule has 4 rings (SSSR count). The van der Waals surface area contributed by atoms with Crippen molar-refractivity contribution in [2.75, 3.05) is 0 Å². The van der Waals surface area contributed by atoms with Crippen molar-refractivity contribution in [3.05, 3.63) is 28.3 Å². The van der Waals surface area contributed by atoms with Gasteiger partial charge in [0.1, 0.15) is 10.5 Å². The Morgan fingerprint density at radius 1 is 1.28 bits per heavy atom. The number of nitrogens with zero attached hydrogens (tertiary/aromatic N) is 2. The molecule has 8 heteroatoms. The summed E-state index contributed by atoms with van der Waals surface area (Å²) in [6.07, 6.45) is -1.99. The molecule has 0 unspecified atom stereocenters. The first-order valence-corrected chi connectivity index (χ1v) is 9.05. The number of pyridine rings is 1. The maximum atomic E-state index is 13.0. The lowest BCUT2D eigenvalue weighted by molar-refractivity contribution is -0.140. The predicted octanol–water partition coefficient (Wildman–Crippen LogP) is 3.75. The molecule has 2 aliphatic heterocycles. The highest BCUT2D eigenvalue weighted by Crippen LogP contribution is 2.40. The van der Waals surface area contributed by atoms with Gasteiger partial charge in [0.25, 0.3) is 5.91 Å². The van der Waals surface area contributed by atoms with Gasteiger partial charge in [0.05, 0.1) is 11.0 Å². The number of hydrogen-bond acceptors (Lipinski definition) is 4. The van der Waals surface area contributed by atoms with Crippen molar-refractivity contribution < 1.29 is 23.1 Å². The number of aliphatic hydroxyl groups excluding tert-OH is 1. The summed E-state index contributed by atoms with van der Waals surface area (Å²) in [6.45, 7) is 1.75. The van der Waals surface area contributed by atoms with E-state index in [4.69, 9.17) is 0 Å². The topological polar surface area (TPSA) is 53.4 Å². The van der Waals surface area contributed by atoms with Crippen LogP contribution in [0.1, 0.15) is 46.6 Å². The fraction of sp³-hybridized carbons (Fsp3) is 0.529. The number of aryl methyl sites for hydroxylation is 1. The van der Waals surface area contributed by atoms with Gasteiger partial charge in [0.15, 0.2) is 0 Å². The van der Waals surface area contributed by atoms with E-state index in [1.165, 1.54) is 6.07 Å². The van der Waals surface area contributed by atoms with E-state index in [2.05, 4.69) is 4.98 Å². The molecule has 4 nitrogen and oxygen atoms in total. The lowest BCUT2D eigenvalue weighted by Crippen LogP contribution is -2.47. The Bertz CT molecular complexity index is 834. The molecule has 2 bridgehead atoms. The largest absolute Gasteiger partial charge is 0.433 e. The molecule has 2 saturated heterocycles. The molecule has 0 aliphatic carbocycles. The van der Waals surface area contributed by atoms with Crippen LogP contribution in [0.25, 0.3) is 10.2 Å². The molecule has 134 valence electrons. The molecule has 4 heterocycles. The van der Waals surface area contributed by atoms with Crippen LogP contribution in [0.2, 0.25) is 0 Å². The monoisotopic (exact) mass is 370 g/mol. The molecule has 2 aromatic rings. The van der Waals surface area contributed by atoms with E-state index in [1.54, 1.807) is 6.92 Å². The van der Waals surface area contributed by atoms with Crippen LogP contribution >= 0.6 is 11.3 Å².